The number of benzene rings is 3. The lowest BCUT2D eigenvalue weighted by molar-refractivity contribution is -0.192. The van der Waals surface area contributed by atoms with Gasteiger partial charge < -0.3 is 9.84 Å². The monoisotopic (exact) mass is 482 g/mol. The van der Waals surface area contributed by atoms with Crippen molar-refractivity contribution in [3.05, 3.63) is 84.7 Å². The van der Waals surface area contributed by atoms with E-state index in [0.717, 1.165) is 43.6 Å². The number of fused-ring (bicyclic) bond motifs is 2. The number of hydrogen-bond acceptors (Lipinski definition) is 4. The van der Waals surface area contributed by atoms with Gasteiger partial charge in [0.15, 0.2) is 0 Å². The number of carboxylic acids is 1. The number of carbonyl (C=O) groups is 1. The van der Waals surface area contributed by atoms with Gasteiger partial charge in [-0.25, -0.2) is 4.79 Å². The lowest BCUT2D eigenvalue weighted by atomic mass is 10.0. The highest BCUT2D eigenvalue weighted by Crippen LogP contribution is 2.24. The zero-order valence-corrected chi connectivity index (χ0v) is 18.9. The summed E-state index contributed by atoms with van der Waals surface area (Å²) in [5, 5.41) is 12.1. The molecular formula is C27H25F3N2O3. The molecule has 1 saturated heterocycles. The average Bonchev–Trinajstić information content (AvgIpc) is 2.85. The maximum Gasteiger partial charge on any atom is 0.490 e. The number of halogens is 3. The summed E-state index contributed by atoms with van der Waals surface area (Å²) < 4.78 is 38.0. The summed E-state index contributed by atoms with van der Waals surface area (Å²) in [7, 11) is 0. The van der Waals surface area contributed by atoms with Crippen molar-refractivity contribution in [3.63, 3.8) is 0 Å². The Balaban J connectivity index is 0.000000364. The van der Waals surface area contributed by atoms with Crippen molar-refractivity contribution in [2.45, 2.75) is 31.7 Å². The first-order valence-corrected chi connectivity index (χ1v) is 11.3. The highest BCUT2D eigenvalue weighted by molar-refractivity contribution is 5.83. The Labute approximate surface area is 200 Å². The van der Waals surface area contributed by atoms with Crippen LogP contribution in [0.2, 0.25) is 0 Å². The van der Waals surface area contributed by atoms with Crippen molar-refractivity contribution in [1.82, 2.24) is 9.88 Å². The molecule has 1 N–H and O–H groups in total. The summed E-state index contributed by atoms with van der Waals surface area (Å²) in [6, 6.07) is 23.7. The number of carboxylic acid groups (broad SMARTS) is 1. The lowest BCUT2D eigenvalue weighted by Crippen LogP contribution is -2.37. The van der Waals surface area contributed by atoms with Gasteiger partial charge in [0.05, 0.1) is 0 Å². The molecule has 2 heterocycles. The number of nitrogens with zero attached hydrogens (tertiary/aromatic N) is 2. The van der Waals surface area contributed by atoms with Crippen LogP contribution in [0, 0.1) is 0 Å². The van der Waals surface area contributed by atoms with Gasteiger partial charge in [-0.3, -0.25) is 9.88 Å². The van der Waals surface area contributed by atoms with Gasteiger partial charge in [-0.15, -0.1) is 0 Å². The van der Waals surface area contributed by atoms with E-state index in [1.165, 1.54) is 21.7 Å². The van der Waals surface area contributed by atoms with E-state index in [9.17, 15) is 13.2 Å². The molecule has 0 radical (unpaired) electrons. The second-order valence-corrected chi connectivity index (χ2v) is 8.46. The topological polar surface area (TPSA) is 62.7 Å². The van der Waals surface area contributed by atoms with Crippen molar-refractivity contribution in [1.29, 1.82) is 0 Å². The van der Waals surface area contributed by atoms with Crippen molar-refractivity contribution >= 4 is 27.5 Å². The molecule has 1 aliphatic rings. The van der Waals surface area contributed by atoms with E-state index < -0.39 is 12.1 Å². The zero-order valence-electron chi connectivity index (χ0n) is 18.9. The largest absolute Gasteiger partial charge is 0.490 e. The minimum atomic E-state index is -5.08. The van der Waals surface area contributed by atoms with E-state index in [-0.39, 0.29) is 0 Å². The number of aromatic nitrogens is 1. The number of piperidine rings is 1. The predicted octanol–water partition coefficient (Wildman–Crippen LogP) is 6.06. The Kier molecular flexibility index (Phi) is 7.51. The highest BCUT2D eigenvalue weighted by Gasteiger charge is 2.38. The van der Waals surface area contributed by atoms with Crippen LogP contribution in [-0.4, -0.2) is 46.3 Å². The van der Waals surface area contributed by atoms with E-state index in [2.05, 4.69) is 70.5 Å². The number of ether oxygens (including phenoxy) is 1. The Morgan fingerprint density at radius 1 is 0.943 bits per heavy atom. The van der Waals surface area contributed by atoms with Crippen LogP contribution in [0.1, 0.15) is 18.4 Å². The van der Waals surface area contributed by atoms with Crippen LogP contribution in [0.3, 0.4) is 0 Å². The molecule has 0 bridgehead atoms. The van der Waals surface area contributed by atoms with Crippen molar-refractivity contribution in [2.75, 3.05) is 13.1 Å². The van der Waals surface area contributed by atoms with Gasteiger partial charge in [0.2, 0.25) is 0 Å². The summed E-state index contributed by atoms with van der Waals surface area (Å²) in [6.45, 7) is 3.17. The summed E-state index contributed by atoms with van der Waals surface area (Å²) in [4.78, 5) is 15.6. The molecule has 5 rings (SSSR count). The van der Waals surface area contributed by atoms with E-state index in [1.807, 2.05) is 18.5 Å². The van der Waals surface area contributed by atoms with Gasteiger partial charge in [0.1, 0.15) is 11.9 Å². The van der Waals surface area contributed by atoms with Gasteiger partial charge in [-0.1, -0.05) is 36.4 Å². The number of alkyl halides is 3. The van der Waals surface area contributed by atoms with Crippen LogP contribution >= 0.6 is 0 Å². The maximum absolute atomic E-state index is 10.6. The number of aliphatic carboxylic acids is 1. The van der Waals surface area contributed by atoms with E-state index in [4.69, 9.17) is 14.6 Å². The van der Waals surface area contributed by atoms with Crippen molar-refractivity contribution in [3.8, 4) is 5.75 Å². The molecule has 8 heteroatoms. The van der Waals surface area contributed by atoms with Crippen LogP contribution in [0.5, 0.6) is 5.75 Å². The molecule has 1 fully saturated rings. The SMILES string of the molecule is O=C(O)C(F)(F)F.c1ccc2cc(CN3CCC(Oc4ccc5cnccc5c4)CC3)ccc2c1. The Morgan fingerprint density at radius 2 is 1.60 bits per heavy atom. The summed E-state index contributed by atoms with van der Waals surface area (Å²) in [6.07, 6.45) is 1.08. The first-order valence-electron chi connectivity index (χ1n) is 11.3. The predicted molar refractivity (Wildman–Crippen MR) is 128 cm³/mol. The van der Waals surface area contributed by atoms with Crippen LogP contribution in [0.4, 0.5) is 13.2 Å². The molecule has 0 saturated carbocycles. The molecule has 0 amide bonds. The molecule has 5 nitrogen and oxygen atoms in total. The molecule has 4 aromatic rings. The van der Waals surface area contributed by atoms with Crippen LogP contribution in [0.25, 0.3) is 21.5 Å². The smallest absolute Gasteiger partial charge is 0.490 e. The Hall–Kier alpha value is -3.65. The fourth-order valence-electron chi connectivity index (χ4n) is 4.11. The summed E-state index contributed by atoms with van der Waals surface area (Å²) in [5.74, 6) is -1.79. The molecular weight excluding hydrogens is 457 g/mol. The van der Waals surface area contributed by atoms with Crippen LogP contribution in [0.15, 0.2) is 79.1 Å². The number of rotatable bonds is 4. The van der Waals surface area contributed by atoms with Gasteiger partial charge in [-0.2, -0.15) is 13.2 Å². The number of hydrogen-bond donors (Lipinski definition) is 1. The maximum atomic E-state index is 10.6. The molecule has 0 spiro atoms. The zero-order chi connectivity index (χ0) is 24.8. The number of pyridine rings is 1. The first kappa shape index (κ1) is 24.5. The molecule has 0 atom stereocenters. The highest BCUT2D eigenvalue weighted by atomic mass is 19.4. The molecule has 0 unspecified atom stereocenters. The van der Waals surface area contributed by atoms with Gasteiger partial charge in [0.25, 0.3) is 0 Å². The molecule has 1 aliphatic heterocycles. The fourth-order valence-corrected chi connectivity index (χ4v) is 4.11. The van der Waals surface area contributed by atoms with E-state index in [0.29, 0.717) is 6.10 Å². The van der Waals surface area contributed by atoms with E-state index >= 15 is 0 Å². The van der Waals surface area contributed by atoms with Gasteiger partial charge >= 0.3 is 12.1 Å². The molecule has 0 aliphatic carbocycles. The third-order valence-electron chi connectivity index (χ3n) is 5.91. The minimum Gasteiger partial charge on any atom is -0.490 e. The second kappa shape index (κ2) is 10.7. The third-order valence-corrected chi connectivity index (χ3v) is 5.91. The average molecular weight is 483 g/mol. The summed E-state index contributed by atoms with van der Waals surface area (Å²) >= 11 is 0. The lowest BCUT2D eigenvalue weighted by Gasteiger charge is -2.32. The van der Waals surface area contributed by atoms with Crippen LogP contribution in [-0.2, 0) is 11.3 Å². The van der Waals surface area contributed by atoms with Crippen molar-refractivity contribution in [2.24, 2.45) is 0 Å². The van der Waals surface area contributed by atoms with Gasteiger partial charge in [-0.05, 0) is 64.9 Å². The van der Waals surface area contributed by atoms with Crippen LogP contribution < -0.4 is 4.74 Å². The van der Waals surface area contributed by atoms with E-state index in [1.54, 1.807) is 0 Å². The summed E-state index contributed by atoms with van der Waals surface area (Å²) in [5.41, 5.74) is 1.39. The third kappa shape index (κ3) is 6.70. The normalized spacial score (nSPS) is 14.9. The molecule has 35 heavy (non-hydrogen) atoms. The quantitative estimate of drug-likeness (QED) is 0.383. The fraction of sp³-hybridized carbons (Fsp3) is 0.259. The standard InChI is InChI=1S/C25H24N2O.C2HF3O2/c1-2-4-21-15-19(5-6-20(21)3-1)18-27-13-10-24(11-14-27)28-25-8-7-23-17-26-12-9-22(23)16-25;3-2(4,5)1(6)7/h1-9,12,15-17,24H,10-11,13-14,18H2;(H,6,7). The number of likely N-dealkylation sites (tertiary alicyclic amines) is 1. The molecule has 3 aromatic carbocycles. The molecule has 1 aromatic heterocycles. The Bertz CT molecular complexity index is 1210. The second-order valence-electron chi connectivity index (χ2n) is 8.46. The molecule has 182 valence electrons. The minimum absolute atomic E-state index is 0.298. The van der Waals surface area contributed by atoms with Crippen molar-refractivity contribution < 1.29 is 27.8 Å². The Morgan fingerprint density at radius 3 is 2.31 bits per heavy atom. The first-order chi connectivity index (χ1) is 16.8. The van der Waals surface area contributed by atoms with Gasteiger partial charge in [0, 0.05) is 37.4 Å².